The lowest BCUT2D eigenvalue weighted by atomic mass is 10.2. The highest BCUT2D eigenvalue weighted by Crippen LogP contribution is 2.36. The van der Waals surface area contributed by atoms with Crippen LogP contribution in [0.5, 0.6) is 0 Å². The van der Waals surface area contributed by atoms with Crippen molar-refractivity contribution < 1.29 is 9.26 Å². The van der Waals surface area contributed by atoms with Crippen molar-refractivity contribution in [2.24, 2.45) is 0 Å². The number of anilines is 1. The maximum Gasteiger partial charge on any atom is 0.239 e. The Kier molecular flexibility index (Phi) is 5.27. The van der Waals surface area contributed by atoms with Crippen molar-refractivity contribution in [2.75, 3.05) is 18.5 Å². The molecule has 3 heterocycles. The van der Waals surface area contributed by atoms with Crippen LogP contribution in [0.25, 0.3) is 0 Å². The van der Waals surface area contributed by atoms with E-state index in [-0.39, 0.29) is 5.25 Å². The standard InChI is InChI=1S/C13H19N5O2S2/c1-3-10-15-11(20-18-10)8(2)21-13-17-16-12(22-13)14-7-9-5-4-6-19-9/h8-9H,3-7H2,1-2H3,(H,14,16). The number of aryl methyl sites for hydroxylation is 1. The Morgan fingerprint density at radius 1 is 1.45 bits per heavy atom. The molecule has 120 valence electrons. The molecule has 1 aliphatic heterocycles. The highest BCUT2D eigenvalue weighted by atomic mass is 32.2. The first-order valence-electron chi connectivity index (χ1n) is 7.42. The van der Waals surface area contributed by atoms with Crippen molar-refractivity contribution in [3.8, 4) is 0 Å². The Hall–Kier alpha value is -1.19. The highest BCUT2D eigenvalue weighted by Gasteiger charge is 2.19. The van der Waals surface area contributed by atoms with Crippen LogP contribution in [0, 0.1) is 0 Å². The molecular weight excluding hydrogens is 322 g/mol. The molecule has 2 unspecified atom stereocenters. The Morgan fingerprint density at radius 3 is 3.09 bits per heavy atom. The third-order valence-electron chi connectivity index (χ3n) is 3.34. The number of nitrogens with zero attached hydrogens (tertiary/aromatic N) is 4. The van der Waals surface area contributed by atoms with E-state index in [0.29, 0.717) is 12.0 Å². The Bertz CT molecular complexity index is 597. The summed E-state index contributed by atoms with van der Waals surface area (Å²) in [4.78, 5) is 4.35. The molecule has 1 aliphatic rings. The first kappa shape index (κ1) is 15.7. The molecule has 0 bridgehead atoms. The molecular formula is C13H19N5O2S2. The van der Waals surface area contributed by atoms with Crippen LogP contribution in [0.3, 0.4) is 0 Å². The van der Waals surface area contributed by atoms with Gasteiger partial charge in [0.2, 0.25) is 11.0 Å². The van der Waals surface area contributed by atoms with Crippen LogP contribution in [-0.4, -0.2) is 39.6 Å². The molecule has 0 aromatic carbocycles. The van der Waals surface area contributed by atoms with Gasteiger partial charge in [-0.15, -0.1) is 10.2 Å². The molecule has 1 N–H and O–H groups in total. The second-order valence-corrected chi connectivity index (χ2v) is 7.62. The summed E-state index contributed by atoms with van der Waals surface area (Å²) in [6, 6.07) is 0. The SMILES string of the molecule is CCc1noc(C(C)Sc2nnc(NCC3CCCO3)s2)n1. The zero-order valence-corrected chi connectivity index (χ0v) is 14.2. The van der Waals surface area contributed by atoms with Crippen molar-refractivity contribution in [3.05, 3.63) is 11.7 Å². The normalized spacial score (nSPS) is 19.5. The summed E-state index contributed by atoms with van der Waals surface area (Å²) in [6.07, 6.45) is 3.33. The van der Waals surface area contributed by atoms with Crippen LogP contribution < -0.4 is 5.32 Å². The van der Waals surface area contributed by atoms with Crippen molar-refractivity contribution in [1.82, 2.24) is 20.3 Å². The molecule has 1 fully saturated rings. The first-order valence-corrected chi connectivity index (χ1v) is 9.12. The van der Waals surface area contributed by atoms with Crippen LogP contribution >= 0.6 is 23.1 Å². The predicted molar refractivity (Wildman–Crippen MR) is 85.3 cm³/mol. The van der Waals surface area contributed by atoms with Gasteiger partial charge in [0.1, 0.15) is 0 Å². The fourth-order valence-corrected chi connectivity index (χ4v) is 4.05. The van der Waals surface area contributed by atoms with E-state index in [9.17, 15) is 0 Å². The third kappa shape index (κ3) is 3.96. The number of hydrogen-bond acceptors (Lipinski definition) is 9. The van der Waals surface area contributed by atoms with Gasteiger partial charge in [0, 0.05) is 19.6 Å². The van der Waals surface area contributed by atoms with Gasteiger partial charge in [-0.2, -0.15) is 4.98 Å². The molecule has 9 heteroatoms. The summed E-state index contributed by atoms with van der Waals surface area (Å²) < 4.78 is 11.7. The second-order valence-electron chi connectivity index (χ2n) is 5.05. The number of ether oxygens (including phenoxy) is 1. The quantitative estimate of drug-likeness (QED) is 0.769. The minimum absolute atomic E-state index is 0.0618. The van der Waals surface area contributed by atoms with Crippen molar-refractivity contribution >= 4 is 28.2 Å². The van der Waals surface area contributed by atoms with Gasteiger partial charge in [-0.05, 0) is 19.8 Å². The van der Waals surface area contributed by atoms with Crippen LogP contribution in [0.2, 0.25) is 0 Å². The zero-order valence-electron chi connectivity index (χ0n) is 12.6. The van der Waals surface area contributed by atoms with Crippen LogP contribution in [0.4, 0.5) is 5.13 Å². The Morgan fingerprint density at radius 2 is 2.36 bits per heavy atom. The molecule has 22 heavy (non-hydrogen) atoms. The Labute approximate surface area is 137 Å². The van der Waals surface area contributed by atoms with Gasteiger partial charge < -0.3 is 14.6 Å². The van der Waals surface area contributed by atoms with Crippen molar-refractivity contribution in [1.29, 1.82) is 0 Å². The molecule has 2 aromatic rings. The predicted octanol–water partition coefficient (Wildman–Crippen LogP) is 2.93. The van der Waals surface area contributed by atoms with Gasteiger partial charge in [0.25, 0.3) is 0 Å². The number of rotatable bonds is 7. The average Bonchev–Trinajstić information content (AvgIpc) is 3.26. The van der Waals surface area contributed by atoms with E-state index in [2.05, 4.69) is 25.7 Å². The maximum atomic E-state index is 5.58. The lowest BCUT2D eigenvalue weighted by molar-refractivity contribution is 0.120. The average molecular weight is 341 g/mol. The number of hydrogen-bond donors (Lipinski definition) is 1. The highest BCUT2D eigenvalue weighted by molar-refractivity contribution is 8.01. The summed E-state index contributed by atoms with van der Waals surface area (Å²) in [5.41, 5.74) is 0. The van der Waals surface area contributed by atoms with Gasteiger partial charge in [-0.1, -0.05) is 35.2 Å². The smallest absolute Gasteiger partial charge is 0.239 e. The van der Waals surface area contributed by atoms with Crippen molar-refractivity contribution in [2.45, 2.75) is 48.8 Å². The van der Waals surface area contributed by atoms with Crippen molar-refractivity contribution in [3.63, 3.8) is 0 Å². The molecule has 3 rings (SSSR count). The molecule has 2 atom stereocenters. The van der Waals surface area contributed by atoms with Gasteiger partial charge in [0.05, 0.1) is 11.4 Å². The maximum absolute atomic E-state index is 5.58. The van der Waals surface area contributed by atoms with Gasteiger partial charge in [-0.25, -0.2) is 0 Å². The van der Waals surface area contributed by atoms with Crippen LogP contribution in [-0.2, 0) is 11.2 Å². The molecule has 1 saturated heterocycles. The first-order chi connectivity index (χ1) is 10.7. The lowest BCUT2D eigenvalue weighted by Crippen LogP contribution is -2.18. The topological polar surface area (TPSA) is 86.0 Å². The third-order valence-corrected chi connectivity index (χ3v) is 5.39. The monoisotopic (exact) mass is 341 g/mol. The fourth-order valence-electron chi connectivity index (χ4n) is 2.11. The van der Waals surface area contributed by atoms with Crippen LogP contribution in [0.15, 0.2) is 8.86 Å². The van der Waals surface area contributed by atoms with E-state index in [4.69, 9.17) is 9.26 Å². The summed E-state index contributed by atoms with van der Waals surface area (Å²) in [5, 5.41) is 16.4. The summed E-state index contributed by atoms with van der Waals surface area (Å²) >= 11 is 3.11. The van der Waals surface area contributed by atoms with E-state index in [1.54, 1.807) is 11.8 Å². The summed E-state index contributed by atoms with van der Waals surface area (Å²) in [6.45, 7) is 5.69. The minimum atomic E-state index is 0.0618. The zero-order chi connectivity index (χ0) is 15.4. The number of aromatic nitrogens is 4. The van der Waals surface area contributed by atoms with Gasteiger partial charge in [-0.3, -0.25) is 0 Å². The van der Waals surface area contributed by atoms with E-state index in [1.165, 1.54) is 11.3 Å². The van der Waals surface area contributed by atoms with E-state index in [1.807, 2.05) is 13.8 Å². The largest absolute Gasteiger partial charge is 0.376 e. The molecule has 0 saturated carbocycles. The number of nitrogens with one attached hydrogen (secondary N) is 1. The second kappa shape index (κ2) is 7.38. The molecule has 0 aliphatic carbocycles. The van der Waals surface area contributed by atoms with E-state index < -0.39 is 0 Å². The number of thioether (sulfide) groups is 1. The minimum Gasteiger partial charge on any atom is -0.376 e. The van der Waals surface area contributed by atoms with Gasteiger partial charge >= 0.3 is 0 Å². The molecule has 0 amide bonds. The fraction of sp³-hybridized carbons (Fsp3) is 0.692. The van der Waals surface area contributed by atoms with Crippen LogP contribution in [0.1, 0.15) is 43.7 Å². The molecule has 2 aromatic heterocycles. The lowest BCUT2D eigenvalue weighted by Gasteiger charge is -2.08. The molecule has 0 radical (unpaired) electrons. The molecule has 7 nitrogen and oxygen atoms in total. The summed E-state index contributed by atoms with van der Waals surface area (Å²) in [7, 11) is 0. The summed E-state index contributed by atoms with van der Waals surface area (Å²) in [5.74, 6) is 1.37. The van der Waals surface area contributed by atoms with Gasteiger partial charge in [0.15, 0.2) is 10.2 Å². The molecule has 0 spiro atoms. The van der Waals surface area contributed by atoms with E-state index >= 15 is 0 Å². The Balaban J connectivity index is 1.52. The van der Waals surface area contributed by atoms with E-state index in [0.717, 1.165) is 47.7 Å².